The number of piperidine rings is 1. The molecule has 0 unspecified atom stereocenters. The highest BCUT2D eigenvalue weighted by molar-refractivity contribution is 5.98. The van der Waals surface area contributed by atoms with Crippen LogP contribution in [0.2, 0.25) is 0 Å². The second-order valence-corrected chi connectivity index (χ2v) is 7.73. The van der Waals surface area contributed by atoms with Gasteiger partial charge >= 0.3 is 0 Å². The van der Waals surface area contributed by atoms with Crippen molar-refractivity contribution in [2.75, 3.05) is 19.7 Å². The van der Waals surface area contributed by atoms with Crippen molar-refractivity contribution in [3.05, 3.63) is 47.8 Å². The Hall–Kier alpha value is -2.84. The van der Waals surface area contributed by atoms with Crippen LogP contribution in [0.5, 0.6) is 5.75 Å². The van der Waals surface area contributed by atoms with Crippen LogP contribution in [-0.2, 0) is 0 Å². The summed E-state index contributed by atoms with van der Waals surface area (Å²) < 4.78 is 6.32. The topological polar surface area (TPSA) is 73.7 Å². The van der Waals surface area contributed by atoms with Crippen molar-refractivity contribution >= 4 is 11.0 Å². The highest BCUT2D eigenvalue weighted by Gasteiger charge is 2.28. The summed E-state index contributed by atoms with van der Waals surface area (Å²) in [6.07, 6.45) is 6.00. The normalized spacial score (nSPS) is 16.2. The number of benzene rings is 1. The Morgan fingerprint density at radius 1 is 1.26 bits per heavy atom. The fourth-order valence-corrected chi connectivity index (χ4v) is 3.76. The highest BCUT2D eigenvalue weighted by atomic mass is 16.5. The third-order valence-corrected chi connectivity index (χ3v) is 5.58. The average Bonchev–Trinajstić information content (AvgIpc) is 3.12. The second kappa shape index (κ2) is 7.05. The quantitative estimate of drug-likeness (QED) is 0.732. The molecule has 27 heavy (non-hydrogen) atoms. The van der Waals surface area contributed by atoms with Crippen molar-refractivity contribution in [1.29, 1.82) is 5.26 Å². The molecule has 5 nitrogen and oxygen atoms in total. The lowest BCUT2D eigenvalue weighted by Gasteiger charge is -2.33. The van der Waals surface area contributed by atoms with E-state index in [0.29, 0.717) is 12.2 Å². The number of fused-ring (bicyclic) bond motifs is 1. The number of pyridine rings is 1. The van der Waals surface area contributed by atoms with Gasteiger partial charge in [-0.2, -0.15) is 5.26 Å². The van der Waals surface area contributed by atoms with Crippen molar-refractivity contribution in [3.63, 3.8) is 0 Å². The van der Waals surface area contributed by atoms with Gasteiger partial charge in [0.25, 0.3) is 0 Å². The number of hydrogen-bond acceptors (Lipinski definition) is 4. The summed E-state index contributed by atoms with van der Waals surface area (Å²) in [6, 6.07) is 10.1. The number of aromatic nitrogens is 2. The first kappa shape index (κ1) is 17.6. The van der Waals surface area contributed by atoms with Crippen LogP contribution in [0.1, 0.15) is 30.9 Å². The number of H-pyrrole nitrogens is 1. The molecule has 1 aliphatic rings. The Morgan fingerprint density at radius 3 is 2.81 bits per heavy atom. The van der Waals surface area contributed by atoms with Crippen LogP contribution in [0.25, 0.3) is 22.2 Å². The van der Waals surface area contributed by atoms with Crippen molar-refractivity contribution in [2.24, 2.45) is 5.41 Å². The minimum atomic E-state index is 0.197. The maximum atomic E-state index is 9.18. The van der Waals surface area contributed by atoms with Crippen molar-refractivity contribution < 1.29 is 4.74 Å². The molecular formula is C22H24N4O. The summed E-state index contributed by atoms with van der Waals surface area (Å²) in [5, 5.41) is 13.6. The van der Waals surface area contributed by atoms with E-state index in [1.807, 2.05) is 37.4 Å². The SMILES string of the molecule is Cc1cc(-c2c[nH]c3nccc(OCC4(C)CCNCC4)c23)ccc1C#N. The number of nitrogens with one attached hydrogen (secondary N) is 2. The number of aryl methyl sites for hydroxylation is 1. The molecule has 3 heterocycles. The van der Waals surface area contributed by atoms with E-state index in [1.54, 1.807) is 6.20 Å². The summed E-state index contributed by atoms with van der Waals surface area (Å²) in [5.74, 6) is 0.859. The highest BCUT2D eigenvalue weighted by Crippen LogP contribution is 2.36. The van der Waals surface area contributed by atoms with E-state index in [-0.39, 0.29) is 5.41 Å². The fraction of sp³-hybridized carbons (Fsp3) is 0.364. The Labute approximate surface area is 159 Å². The van der Waals surface area contributed by atoms with Gasteiger partial charge in [-0.3, -0.25) is 0 Å². The molecular weight excluding hydrogens is 336 g/mol. The standard InChI is InChI=1S/C22H24N4O/c1-15-11-16(3-4-17(15)12-23)18-13-26-21-20(18)19(5-8-25-21)27-14-22(2)6-9-24-10-7-22/h3-5,8,11,13,24H,6-7,9-10,14H2,1-2H3,(H,25,26). The molecule has 0 aliphatic carbocycles. The van der Waals surface area contributed by atoms with Gasteiger partial charge in [-0.05, 0) is 56.1 Å². The van der Waals surface area contributed by atoms with E-state index >= 15 is 0 Å². The molecule has 1 saturated heterocycles. The Balaban J connectivity index is 1.69. The zero-order valence-electron chi connectivity index (χ0n) is 15.8. The zero-order chi connectivity index (χ0) is 18.9. The van der Waals surface area contributed by atoms with Crippen LogP contribution in [0.3, 0.4) is 0 Å². The molecule has 2 aromatic heterocycles. The van der Waals surface area contributed by atoms with Gasteiger partial charge in [0.15, 0.2) is 0 Å². The molecule has 0 saturated carbocycles. The van der Waals surface area contributed by atoms with Gasteiger partial charge in [0.05, 0.1) is 23.6 Å². The number of rotatable bonds is 4. The fourth-order valence-electron chi connectivity index (χ4n) is 3.76. The zero-order valence-corrected chi connectivity index (χ0v) is 15.8. The third kappa shape index (κ3) is 3.41. The lowest BCUT2D eigenvalue weighted by atomic mass is 9.82. The van der Waals surface area contributed by atoms with Gasteiger partial charge in [0, 0.05) is 23.4 Å². The minimum Gasteiger partial charge on any atom is -0.492 e. The molecule has 4 rings (SSSR count). The molecule has 5 heteroatoms. The number of nitriles is 1. The maximum Gasteiger partial charge on any atom is 0.141 e. The van der Waals surface area contributed by atoms with E-state index in [0.717, 1.165) is 59.4 Å². The Kier molecular flexibility index (Phi) is 4.59. The minimum absolute atomic E-state index is 0.197. The molecule has 0 amide bonds. The predicted molar refractivity (Wildman–Crippen MR) is 107 cm³/mol. The van der Waals surface area contributed by atoms with Gasteiger partial charge < -0.3 is 15.0 Å². The number of hydrogen-bond donors (Lipinski definition) is 2. The van der Waals surface area contributed by atoms with Crippen LogP contribution in [0.4, 0.5) is 0 Å². The molecule has 0 bridgehead atoms. The molecule has 0 spiro atoms. The first-order chi connectivity index (χ1) is 13.1. The largest absolute Gasteiger partial charge is 0.492 e. The molecule has 3 aromatic rings. The van der Waals surface area contributed by atoms with Crippen LogP contribution in [-0.4, -0.2) is 29.7 Å². The van der Waals surface area contributed by atoms with E-state index in [9.17, 15) is 5.26 Å². The second-order valence-electron chi connectivity index (χ2n) is 7.73. The lowest BCUT2D eigenvalue weighted by Crippen LogP contribution is -2.38. The number of ether oxygens (including phenoxy) is 1. The molecule has 2 N–H and O–H groups in total. The first-order valence-corrected chi connectivity index (χ1v) is 9.40. The van der Waals surface area contributed by atoms with Crippen LogP contribution in [0.15, 0.2) is 36.7 Å². The average molecular weight is 360 g/mol. The van der Waals surface area contributed by atoms with Crippen LogP contribution in [0, 0.1) is 23.7 Å². The van der Waals surface area contributed by atoms with Crippen molar-refractivity contribution in [3.8, 4) is 22.9 Å². The molecule has 0 radical (unpaired) electrons. The molecule has 1 fully saturated rings. The summed E-state index contributed by atoms with van der Waals surface area (Å²) in [7, 11) is 0. The Morgan fingerprint density at radius 2 is 2.07 bits per heavy atom. The number of aromatic amines is 1. The first-order valence-electron chi connectivity index (χ1n) is 9.40. The van der Waals surface area contributed by atoms with Gasteiger partial charge in [0.2, 0.25) is 0 Å². The Bertz CT molecular complexity index is 1010. The van der Waals surface area contributed by atoms with Crippen molar-refractivity contribution in [1.82, 2.24) is 15.3 Å². The number of nitrogens with zero attached hydrogens (tertiary/aromatic N) is 2. The summed E-state index contributed by atoms with van der Waals surface area (Å²) in [5.41, 5.74) is 4.80. The maximum absolute atomic E-state index is 9.18. The van der Waals surface area contributed by atoms with Crippen LogP contribution < -0.4 is 10.1 Å². The third-order valence-electron chi connectivity index (χ3n) is 5.58. The molecule has 138 valence electrons. The van der Waals surface area contributed by atoms with Gasteiger partial charge in [-0.1, -0.05) is 19.1 Å². The van der Waals surface area contributed by atoms with Gasteiger partial charge in [-0.15, -0.1) is 0 Å². The van der Waals surface area contributed by atoms with E-state index in [4.69, 9.17) is 4.74 Å². The lowest BCUT2D eigenvalue weighted by molar-refractivity contribution is 0.124. The molecule has 1 aromatic carbocycles. The smallest absolute Gasteiger partial charge is 0.141 e. The summed E-state index contributed by atoms with van der Waals surface area (Å²) in [6.45, 7) is 7.06. The van der Waals surface area contributed by atoms with Gasteiger partial charge in [0.1, 0.15) is 11.4 Å². The monoisotopic (exact) mass is 360 g/mol. The van der Waals surface area contributed by atoms with Gasteiger partial charge in [-0.25, -0.2) is 4.98 Å². The predicted octanol–water partition coefficient (Wildman–Crippen LogP) is 4.18. The molecule has 1 aliphatic heterocycles. The summed E-state index contributed by atoms with van der Waals surface area (Å²) >= 11 is 0. The van der Waals surface area contributed by atoms with Crippen molar-refractivity contribution in [2.45, 2.75) is 26.7 Å². The molecule has 0 atom stereocenters. The van der Waals surface area contributed by atoms with E-state index in [1.165, 1.54) is 0 Å². The van der Waals surface area contributed by atoms with Crippen LogP contribution >= 0.6 is 0 Å². The summed E-state index contributed by atoms with van der Waals surface area (Å²) in [4.78, 5) is 7.71. The van der Waals surface area contributed by atoms with E-state index < -0.39 is 0 Å². The van der Waals surface area contributed by atoms with E-state index in [2.05, 4.69) is 28.3 Å².